The molecule has 1 aromatic heterocycles. The second-order valence-corrected chi connectivity index (χ2v) is 7.36. The third-order valence-electron chi connectivity index (χ3n) is 4.54. The Kier molecular flexibility index (Phi) is 7.27. The Labute approximate surface area is 190 Å². The van der Waals surface area contributed by atoms with Crippen LogP contribution in [0.1, 0.15) is 26.0 Å². The number of aryl methyl sites for hydroxylation is 1. The van der Waals surface area contributed by atoms with Gasteiger partial charge in [-0.25, -0.2) is 9.48 Å². The van der Waals surface area contributed by atoms with Crippen LogP contribution in [0.15, 0.2) is 54.6 Å². The van der Waals surface area contributed by atoms with Crippen LogP contribution in [0.4, 0.5) is 0 Å². The summed E-state index contributed by atoms with van der Waals surface area (Å²) in [4.78, 5) is 39.9. The number of ether oxygens (including phenoxy) is 1. The maximum atomic E-state index is 12.4. The Hall–Kier alpha value is -3.65. The standard InChI is InChI=1S/C23H22ClN3O5/c1-15(28)27(32-16(2)29)23(30)13-8-19-14-22(17-4-6-18(24)7-5-17)26(25-19)20-9-11-21(31-3)12-10-20/h4-7,9-12,14H,8,13H2,1-3H3. The molecule has 0 unspecified atom stereocenters. The van der Waals surface area contributed by atoms with E-state index < -0.39 is 17.8 Å². The van der Waals surface area contributed by atoms with E-state index in [0.29, 0.717) is 15.8 Å². The lowest BCUT2D eigenvalue weighted by atomic mass is 10.1. The first-order valence-corrected chi connectivity index (χ1v) is 10.2. The number of nitrogens with zero attached hydrogens (tertiary/aromatic N) is 3. The first-order chi connectivity index (χ1) is 15.3. The van der Waals surface area contributed by atoms with Gasteiger partial charge in [0, 0.05) is 37.3 Å². The highest BCUT2D eigenvalue weighted by molar-refractivity contribution is 6.30. The molecule has 0 aliphatic heterocycles. The van der Waals surface area contributed by atoms with Crippen molar-refractivity contribution in [1.82, 2.24) is 14.8 Å². The first kappa shape index (κ1) is 23.0. The van der Waals surface area contributed by atoms with E-state index in [1.54, 1.807) is 23.9 Å². The molecule has 0 aliphatic rings. The van der Waals surface area contributed by atoms with E-state index in [1.165, 1.54) is 0 Å². The van der Waals surface area contributed by atoms with Gasteiger partial charge in [0.15, 0.2) is 0 Å². The van der Waals surface area contributed by atoms with Crippen molar-refractivity contribution < 1.29 is 24.0 Å². The normalized spacial score (nSPS) is 10.5. The number of halogens is 1. The fourth-order valence-electron chi connectivity index (χ4n) is 3.05. The van der Waals surface area contributed by atoms with Crippen LogP contribution < -0.4 is 4.74 Å². The average molecular weight is 456 g/mol. The molecule has 1 heterocycles. The van der Waals surface area contributed by atoms with Crippen molar-refractivity contribution in [2.75, 3.05) is 7.11 Å². The summed E-state index contributed by atoms with van der Waals surface area (Å²) in [7, 11) is 1.59. The Balaban J connectivity index is 1.90. The maximum Gasteiger partial charge on any atom is 0.330 e. The highest BCUT2D eigenvalue weighted by Crippen LogP contribution is 2.27. The van der Waals surface area contributed by atoms with Gasteiger partial charge in [-0.2, -0.15) is 5.10 Å². The van der Waals surface area contributed by atoms with Crippen LogP contribution >= 0.6 is 11.6 Å². The molecule has 3 aromatic rings. The van der Waals surface area contributed by atoms with E-state index in [4.69, 9.17) is 21.2 Å². The van der Waals surface area contributed by atoms with Crippen molar-refractivity contribution >= 4 is 29.4 Å². The highest BCUT2D eigenvalue weighted by atomic mass is 35.5. The lowest BCUT2D eigenvalue weighted by Gasteiger charge is -2.16. The number of carbonyl (C=O) groups is 3. The quantitative estimate of drug-likeness (QED) is 0.522. The van der Waals surface area contributed by atoms with E-state index >= 15 is 0 Å². The van der Waals surface area contributed by atoms with Crippen molar-refractivity contribution in [3.05, 3.63) is 65.3 Å². The Morgan fingerprint density at radius 2 is 1.69 bits per heavy atom. The van der Waals surface area contributed by atoms with Gasteiger partial charge in [-0.1, -0.05) is 23.7 Å². The minimum absolute atomic E-state index is 0.0630. The van der Waals surface area contributed by atoms with Crippen molar-refractivity contribution in [3.8, 4) is 22.7 Å². The molecule has 0 N–H and O–H groups in total. The molecule has 8 nitrogen and oxygen atoms in total. The molecule has 9 heteroatoms. The number of amides is 2. The number of methoxy groups -OCH3 is 1. The summed E-state index contributed by atoms with van der Waals surface area (Å²) < 4.78 is 6.98. The fraction of sp³-hybridized carbons (Fsp3) is 0.217. The SMILES string of the molecule is COc1ccc(-n2nc(CCC(=O)N(OC(C)=O)C(C)=O)cc2-c2ccc(Cl)cc2)cc1. The molecule has 0 saturated carbocycles. The number of rotatable bonds is 6. The van der Waals surface area contributed by atoms with Crippen LogP contribution in [0.2, 0.25) is 5.02 Å². The molecular formula is C23H22ClN3O5. The molecule has 0 fully saturated rings. The largest absolute Gasteiger partial charge is 0.497 e. The highest BCUT2D eigenvalue weighted by Gasteiger charge is 2.22. The number of aromatic nitrogens is 2. The van der Waals surface area contributed by atoms with E-state index in [1.807, 2.05) is 42.5 Å². The third kappa shape index (κ3) is 5.53. The Bertz CT molecular complexity index is 1120. The monoisotopic (exact) mass is 455 g/mol. The van der Waals surface area contributed by atoms with Gasteiger partial charge in [0.1, 0.15) is 5.75 Å². The zero-order valence-electron chi connectivity index (χ0n) is 17.9. The molecule has 0 saturated heterocycles. The van der Waals surface area contributed by atoms with Gasteiger partial charge in [0.2, 0.25) is 0 Å². The van der Waals surface area contributed by atoms with Crippen LogP contribution in [-0.4, -0.2) is 39.7 Å². The topological polar surface area (TPSA) is 90.7 Å². The molecular weight excluding hydrogens is 434 g/mol. The minimum Gasteiger partial charge on any atom is -0.497 e. The van der Waals surface area contributed by atoms with Crippen LogP contribution in [-0.2, 0) is 25.6 Å². The zero-order valence-corrected chi connectivity index (χ0v) is 18.6. The average Bonchev–Trinajstić information content (AvgIpc) is 3.20. The van der Waals surface area contributed by atoms with Crippen LogP contribution in [0, 0.1) is 0 Å². The molecule has 2 amide bonds. The number of benzene rings is 2. The fourth-order valence-corrected chi connectivity index (χ4v) is 3.18. The summed E-state index contributed by atoms with van der Waals surface area (Å²) >= 11 is 6.03. The Morgan fingerprint density at radius 1 is 1.03 bits per heavy atom. The maximum absolute atomic E-state index is 12.4. The molecule has 0 radical (unpaired) electrons. The van der Waals surface area contributed by atoms with Crippen molar-refractivity contribution in [2.45, 2.75) is 26.7 Å². The Morgan fingerprint density at radius 3 is 2.25 bits per heavy atom. The summed E-state index contributed by atoms with van der Waals surface area (Å²) in [6.07, 6.45) is 0.181. The number of imide groups is 1. The molecule has 32 heavy (non-hydrogen) atoms. The second kappa shape index (κ2) is 10.1. The number of hydrogen-bond donors (Lipinski definition) is 0. The van der Waals surface area contributed by atoms with Crippen molar-refractivity contribution in [3.63, 3.8) is 0 Å². The van der Waals surface area contributed by atoms with E-state index in [-0.39, 0.29) is 12.8 Å². The third-order valence-corrected chi connectivity index (χ3v) is 4.80. The molecule has 2 aromatic carbocycles. The lowest BCUT2D eigenvalue weighted by Crippen LogP contribution is -2.36. The first-order valence-electron chi connectivity index (χ1n) is 9.80. The summed E-state index contributed by atoms with van der Waals surface area (Å²) in [5.74, 6) is -1.33. The van der Waals surface area contributed by atoms with Crippen LogP contribution in [0.25, 0.3) is 16.9 Å². The van der Waals surface area contributed by atoms with Crippen molar-refractivity contribution in [2.24, 2.45) is 0 Å². The minimum atomic E-state index is -0.748. The van der Waals surface area contributed by atoms with E-state index in [0.717, 1.165) is 36.5 Å². The molecule has 0 aliphatic carbocycles. The number of hydroxylamine groups is 2. The van der Waals surface area contributed by atoms with Crippen molar-refractivity contribution in [1.29, 1.82) is 0 Å². The number of hydrogen-bond acceptors (Lipinski definition) is 6. The summed E-state index contributed by atoms with van der Waals surface area (Å²) in [6, 6.07) is 16.6. The molecule has 3 rings (SSSR count). The van der Waals surface area contributed by atoms with Crippen LogP contribution in [0.5, 0.6) is 5.75 Å². The van der Waals surface area contributed by atoms with Gasteiger partial charge in [0.25, 0.3) is 11.8 Å². The lowest BCUT2D eigenvalue weighted by molar-refractivity contribution is -0.200. The summed E-state index contributed by atoms with van der Waals surface area (Å²) in [6.45, 7) is 2.27. The summed E-state index contributed by atoms with van der Waals surface area (Å²) in [5.41, 5.74) is 3.13. The molecule has 166 valence electrons. The molecule has 0 spiro atoms. The predicted molar refractivity (Wildman–Crippen MR) is 118 cm³/mol. The smallest absolute Gasteiger partial charge is 0.330 e. The molecule has 0 bridgehead atoms. The van der Waals surface area contributed by atoms with E-state index in [9.17, 15) is 14.4 Å². The van der Waals surface area contributed by atoms with Gasteiger partial charge in [-0.05, 0) is 42.5 Å². The molecule has 0 atom stereocenters. The zero-order chi connectivity index (χ0) is 23.3. The van der Waals surface area contributed by atoms with E-state index in [2.05, 4.69) is 5.10 Å². The van der Waals surface area contributed by atoms with Crippen LogP contribution in [0.3, 0.4) is 0 Å². The van der Waals surface area contributed by atoms with Gasteiger partial charge < -0.3 is 9.57 Å². The van der Waals surface area contributed by atoms with Gasteiger partial charge in [-0.15, -0.1) is 5.06 Å². The predicted octanol–water partition coefficient (Wildman–Crippen LogP) is 3.99. The van der Waals surface area contributed by atoms with Gasteiger partial charge in [-0.3, -0.25) is 9.59 Å². The second-order valence-electron chi connectivity index (χ2n) is 6.93. The van der Waals surface area contributed by atoms with Gasteiger partial charge in [0.05, 0.1) is 24.2 Å². The summed E-state index contributed by atoms with van der Waals surface area (Å²) in [5, 5.41) is 5.74. The number of carbonyl (C=O) groups excluding carboxylic acids is 3. The van der Waals surface area contributed by atoms with Gasteiger partial charge >= 0.3 is 5.97 Å².